The zero-order chi connectivity index (χ0) is 10.1. The number of hydrogen-bond acceptors (Lipinski definition) is 5. The van der Waals surface area contributed by atoms with Gasteiger partial charge in [-0.15, -0.1) is 0 Å². The molecule has 0 aliphatic heterocycles. The second-order valence-electron chi connectivity index (χ2n) is 2.52. The summed E-state index contributed by atoms with van der Waals surface area (Å²) in [6, 6.07) is 0. The number of aromatic nitrogens is 3. The van der Waals surface area contributed by atoms with Crippen molar-refractivity contribution in [1.82, 2.24) is 15.0 Å². The Labute approximate surface area is 88.2 Å². The summed E-state index contributed by atoms with van der Waals surface area (Å²) in [5.41, 5.74) is 0.517. The Morgan fingerprint density at radius 3 is 3.00 bits per heavy atom. The first kappa shape index (κ1) is 9.29. The molecule has 14 heavy (non-hydrogen) atoms. The normalized spacial score (nSPS) is 10.4. The van der Waals surface area contributed by atoms with Gasteiger partial charge in [0.2, 0.25) is 5.91 Å². The maximum atomic E-state index is 10.8. The van der Waals surface area contributed by atoms with E-state index in [1.807, 2.05) is 0 Å². The number of nitrogens with one attached hydrogen (secondary N) is 1. The number of amides is 1. The number of anilines is 1. The van der Waals surface area contributed by atoms with Crippen LogP contribution in [0.1, 0.15) is 6.92 Å². The summed E-state index contributed by atoms with van der Waals surface area (Å²) >= 11 is 7.05. The molecule has 5 nitrogen and oxygen atoms in total. The van der Waals surface area contributed by atoms with Crippen LogP contribution in [0.4, 0.5) is 5.13 Å². The number of nitrogens with zero attached hydrogens (tertiary/aromatic N) is 3. The van der Waals surface area contributed by atoms with Crippen molar-refractivity contribution in [3.63, 3.8) is 0 Å². The zero-order valence-electron chi connectivity index (χ0n) is 7.11. The number of rotatable bonds is 1. The summed E-state index contributed by atoms with van der Waals surface area (Å²) in [4.78, 5) is 23.3. The smallest absolute Gasteiger partial charge is 0.223 e. The van der Waals surface area contributed by atoms with E-state index in [0.717, 1.165) is 0 Å². The van der Waals surface area contributed by atoms with Gasteiger partial charge in [0, 0.05) is 6.92 Å². The van der Waals surface area contributed by atoms with Gasteiger partial charge in [-0.3, -0.25) is 4.79 Å². The Morgan fingerprint density at radius 1 is 1.57 bits per heavy atom. The number of halogens is 1. The molecule has 72 valence electrons. The summed E-state index contributed by atoms with van der Waals surface area (Å²) in [6.45, 7) is 1.42. The molecule has 2 heterocycles. The minimum absolute atomic E-state index is 0.173. The Balaban J connectivity index is 2.51. The minimum atomic E-state index is -0.173. The van der Waals surface area contributed by atoms with E-state index in [4.69, 9.17) is 11.6 Å². The van der Waals surface area contributed by atoms with E-state index in [1.165, 1.54) is 24.6 Å². The van der Waals surface area contributed by atoms with Crippen LogP contribution >= 0.6 is 22.9 Å². The molecule has 0 radical (unpaired) electrons. The molecule has 0 spiro atoms. The third kappa shape index (κ3) is 1.66. The molecule has 0 atom stereocenters. The van der Waals surface area contributed by atoms with Crippen molar-refractivity contribution in [3.8, 4) is 0 Å². The summed E-state index contributed by atoms with van der Waals surface area (Å²) in [5, 5.41) is 3.34. The lowest BCUT2D eigenvalue weighted by Crippen LogP contribution is -2.04. The van der Waals surface area contributed by atoms with E-state index in [1.54, 1.807) is 0 Å². The number of thiazole rings is 1. The van der Waals surface area contributed by atoms with Crippen LogP contribution < -0.4 is 5.32 Å². The molecule has 2 rings (SSSR count). The van der Waals surface area contributed by atoms with Crippen LogP contribution in [0.2, 0.25) is 5.15 Å². The largest absolute Gasteiger partial charge is 0.302 e. The van der Waals surface area contributed by atoms with Gasteiger partial charge in [0.15, 0.2) is 10.3 Å². The number of hydrogen-bond donors (Lipinski definition) is 1. The maximum Gasteiger partial charge on any atom is 0.223 e. The van der Waals surface area contributed by atoms with E-state index in [-0.39, 0.29) is 5.91 Å². The molecule has 0 unspecified atom stereocenters. The van der Waals surface area contributed by atoms with Gasteiger partial charge in [-0.25, -0.2) is 15.0 Å². The fourth-order valence-corrected chi connectivity index (χ4v) is 2.02. The lowest BCUT2D eigenvalue weighted by Gasteiger charge is -1.91. The zero-order valence-corrected chi connectivity index (χ0v) is 8.69. The topological polar surface area (TPSA) is 67.8 Å². The first-order chi connectivity index (χ1) is 6.66. The lowest BCUT2D eigenvalue weighted by atomic mass is 10.6. The minimum Gasteiger partial charge on any atom is -0.302 e. The SMILES string of the molecule is CC(=O)Nc1nc2c(Cl)ncnc2s1. The summed E-state index contributed by atoms with van der Waals surface area (Å²) in [5.74, 6) is -0.173. The highest BCUT2D eigenvalue weighted by molar-refractivity contribution is 7.22. The highest BCUT2D eigenvalue weighted by Gasteiger charge is 2.09. The summed E-state index contributed by atoms with van der Waals surface area (Å²) in [6.07, 6.45) is 1.36. The van der Waals surface area contributed by atoms with E-state index in [9.17, 15) is 4.79 Å². The molecule has 7 heteroatoms. The molecule has 1 N–H and O–H groups in total. The molecule has 0 aliphatic carbocycles. The number of carbonyl (C=O) groups excluding carboxylic acids is 1. The van der Waals surface area contributed by atoms with Crippen LogP contribution in [0.15, 0.2) is 6.33 Å². The fraction of sp³-hybridized carbons (Fsp3) is 0.143. The van der Waals surface area contributed by atoms with Gasteiger partial charge in [-0.1, -0.05) is 22.9 Å². The van der Waals surface area contributed by atoms with Gasteiger partial charge in [0.1, 0.15) is 16.7 Å². The van der Waals surface area contributed by atoms with Crippen molar-refractivity contribution in [2.24, 2.45) is 0 Å². The van der Waals surface area contributed by atoms with Crippen LogP contribution in [0.5, 0.6) is 0 Å². The average molecular weight is 229 g/mol. The second-order valence-corrected chi connectivity index (χ2v) is 3.85. The standard InChI is InChI=1S/C7H5ClN4OS/c1-3(13)11-7-12-4-5(8)9-2-10-6(4)14-7/h2H,1H3,(H,11,12,13). The number of fused-ring (bicyclic) bond motifs is 1. The monoisotopic (exact) mass is 228 g/mol. The molecular weight excluding hydrogens is 224 g/mol. The third-order valence-corrected chi connectivity index (χ3v) is 2.59. The van der Waals surface area contributed by atoms with Gasteiger partial charge in [0.05, 0.1) is 0 Å². The molecule has 0 fully saturated rings. The molecule has 0 saturated carbocycles. The first-order valence-corrected chi connectivity index (χ1v) is 4.91. The quantitative estimate of drug-likeness (QED) is 0.755. The molecule has 2 aromatic heterocycles. The van der Waals surface area contributed by atoms with Gasteiger partial charge in [0.25, 0.3) is 0 Å². The molecule has 0 saturated heterocycles. The first-order valence-electron chi connectivity index (χ1n) is 3.71. The number of carbonyl (C=O) groups is 1. The van der Waals surface area contributed by atoms with Crippen LogP contribution in [0.25, 0.3) is 10.3 Å². The van der Waals surface area contributed by atoms with Gasteiger partial charge in [-0.2, -0.15) is 0 Å². The molecule has 0 bridgehead atoms. The van der Waals surface area contributed by atoms with Crippen molar-refractivity contribution in [2.45, 2.75) is 6.92 Å². The van der Waals surface area contributed by atoms with Crippen molar-refractivity contribution in [3.05, 3.63) is 11.5 Å². The van der Waals surface area contributed by atoms with Crippen LogP contribution in [-0.4, -0.2) is 20.9 Å². The summed E-state index contributed by atoms with van der Waals surface area (Å²) < 4.78 is 0. The molecule has 2 aromatic rings. The highest BCUT2D eigenvalue weighted by atomic mass is 35.5. The summed E-state index contributed by atoms with van der Waals surface area (Å²) in [7, 11) is 0. The van der Waals surface area contributed by atoms with E-state index >= 15 is 0 Å². The Hall–Kier alpha value is -1.27. The molecule has 1 amide bonds. The average Bonchev–Trinajstić information content (AvgIpc) is 2.47. The Kier molecular flexibility index (Phi) is 2.30. The molecule has 0 aromatic carbocycles. The van der Waals surface area contributed by atoms with E-state index < -0.39 is 0 Å². The van der Waals surface area contributed by atoms with E-state index in [2.05, 4.69) is 20.3 Å². The van der Waals surface area contributed by atoms with Crippen molar-refractivity contribution in [2.75, 3.05) is 5.32 Å². The Morgan fingerprint density at radius 2 is 2.36 bits per heavy atom. The van der Waals surface area contributed by atoms with Crippen molar-refractivity contribution < 1.29 is 4.79 Å². The molecular formula is C7H5ClN4OS. The lowest BCUT2D eigenvalue weighted by molar-refractivity contribution is -0.114. The Bertz CT molecular complexity index is 497. The third-order valence-electron chi connectivity index (χ3n) is 1.43. The van der Waals surface area contributed by atoms with Crippen molar-refractivity contribution in [1.29, 1.82) is 0 Å². The second kappa shape index (κ2) is 3.47. The van der Waals surface area contributed by atoms with Crippen LogP contribution in [0, 0.1) is 0 Å². The predicted molar refractivity (Wildman–Crippen MR) is 54.5 cm³/mol. The van der Waals surface area contributed by atoms with Gasteiger partial charge in [-0.05, 0) is 0 Å². The van der Waals surface area contributed by atoms with E-state index in [0.29, 0.717) is 20.6 Å². The van der Waals surface area contributed by atoms with Gasteiger partial charge < -0.3 is 5.32 Å². The fourth-order valence-electron chi connectivity index (χ4n) is 0.931. The van der Waals surface area contributed by atoms with Crippen molar-refractivity contribution >= 4 is 44.3 Å². The van der Waals surface area contributed by atoms with Crippen LogP contribution in [-0.2, 0) is 4.79 Å². The highest BCUT2D eigenvalue weighted by Crippen LogP contribution is 2.27. The van der Waals surface area contributed by atoms with Crippen LogP contribution in [0.3, 0.4) is 0 Å². The van der Waals surface area contributed by atoms with Gasteiger partial charge >= 0.3 is 0 Å². The predicted octanol–water partition coefficient (Wildman–Crippen LogP) is 1.70. The molecule has 0 aliphatic rings. The maximum absolute atomic E-state index is 10.8.